The van der Waals surface area contributed by atoms with E-state index in [9.17, 15) is 11.0 Å². The average molecular weight is 1510 g/mol. The number of rotatable bonds is 11. The first-order valence-electron chi connectivity index (χ1n) is 45.5. The van der Waals surface area contributed by atoms with E-state index in [2.05, 4.69) is 361 Å². The van der Waals surface area contributed by atoms with Crippen LogP contribution in [0.3, 0.4) is 0 Å². The minimum absolute atomic E-state index is 0.0668. The molecule has 13 aromatic carbocycles. The van der Waals surface area contributed by atoms with Crippen LogP contribution in [-0.2, 0) is 37.9 Å². The molecule has 0 radical (unpaired) electrons. The van der Waals surface area contributed by atoms with E-state index >= 15 is 0 Å². The minimum Gasteiger partial charge on any atom is -0.311 e. The van der Waals surface area contributed by atoms with Gasteiger partial charge in [0.15, 0.2) is 17.5 Å². The van der Waals surface area contributed by atoms with Crippen LogP contribution in [0.2, 0.25) is 0 Å². The predicted molar refractivity (Wildman–Crippen MR) is 494 cm³/mol. The van der Waals surface area contributed by atoms with Gasteiger partial charge in [0.05, 0.1) is 25.1 Å². The average Bonchev–Trinajstić information content (AvgIpc) is 0.685. The van der Waals surface area contributed by atoms with Gasteiger partial charge in [0.25, 0.3) is 6.71 Å². The van der Waals surface area contributed by atoms with E-state index in [-0.39, 0.29) is 61.1 Å². The minimum atomic E-state index is -0.640. The Bertz CT molecular complexity index is 6470. The second-order valence-electron chi connectivity index (χ2n) is 38.8. The van der Waals surface area contributed by atoms with Crippen LogP contribution in [0.25, 0.3) is 101 Å². The summed E-state index contributed by atoms with van der Waals surface area (Å²) < 4.78 is 93.2. The summed E-state index contributed by atoms with van der Waals surface area (Å²) in [7, 11) is 0. The highest BCUT2D eigenvalue weighted by atomic mass is 15.2. The highest BCUT2D eigenvalue weighted by Gasteiger charge is 2.46. The summed E-state index contributed by atoms with van der Waals surface area (Å²) in [6.45, 7) is 47.0. The fourth-order valence-electron chi connectivity index (χ4n) is 16.1. The fraction of sp³-hybridized carbons (Fsp3) is 0.257. The zero-order chi connectivity index (χ0) is 89.9. The molecule has 1 aromatic heterocycles. The molecule has 0 saturated carbocycles. The molecule has 0 bridgehead atoms. The summed E-state index contributed by atoms with van der Waals surface area (Å²) in [6.07, 6.45) is 0. The molecule has 0 N–H and O–H groups in total. The number of fused-ring (bicyclic) bond motifs is 4. The molecule has 115 heavy (non-hydrogen) atoms. The first kappa shape index (κ1) is 65.9. The summed E-state index contributed by atoms with van der Waals surface area (Å²) in [4.78, 5) is 20.8. The molecule has 0 amide bonds. The number of nitrogens with zero attached hydrogens (tertiary/aromatic N) is 5. The predicted octanol–water partition coefficient (Wildman–Crippen LogP) is 28.0. The van der Waals surface area contributed by atoms with Crippen LogP contribution in [-0.4, -0.2) is 21.7 Å². The molecular weight excluding hydrogens is 1390 g/mol. The van der Waals surface area contributed by atoms with E-state index in [1.54, 1.807) is 0 Å². The van der Waals surface area contributed by atoms with Crippen LogP contribution >= 0.6 is 0 Å². The zero-order valence-corrected chi connectivity index (χ0v) is 70.7. The second kappa shape index (κ2) is 28.8. The topological polar surface area (TPSA) is 45.2 Å². The van der Waals surface area contributed by atoms with Gasteiger partial charge in [0.2, 0.25) is 0 Å². The number of aromatic nitrogens is 3. The molecule has 0 spiro atoms. The maximum absolute atomic E-state index is 9.68. The summed E-state index contributed by atoms with van der Waals surface area (Å²) >= 11 is 0. The van der Waals surface area contributed by atoms with Crippen molar-refractivity contribution < 1.29 is 13.7 Å². The molecule has 2 aliphatic heterocycles. The summed E-state index contributed by atoms with van der Waals surface area (Å²) in [5, 5.41) is 0. The largest absolute Gasteiger partial charge is 0.311 e. The van der Waals surface area contributed by atoms with Gasteiger partial charge in [0.1, 0.15) is 0 Å². The molecular formula is C109H110BN5. The molecule has 0 fully saturated rings. The van der Waals surface area contributed by atoms with Gasteiger partial charge < -0.3 is 9.80 Å². The van der Waals surface area contributed by atoms with E-state index in [4.69, 9.17) is 17.7 Å². The van der Waals surface area contributed by atoms with Crippen molar-refractivity contribution >= 4 is 57.2 Å². The number of hydrogen-bond donors (Lipinski definition) is 0. The standard InChI is InChI=1S/C109H110BN5/c1-103(2,3)81-53-77(54-82(64-81)104(4,5)6)75-47-50-91-94(60-75)114(93-52-49-74(69-37-27-22-28-38-69)59-88(93)70-39-29-23-30-40-70)96-62-80(79-57-85(107(13,14)15)66-86(58-79)108(16,17)18)63-97-98(96)110(91)92-51-48-76(78-55-83(105(7,8)9)65-84(56-78)106(10,11)12)61-95(92)115(97)99-89(71-41-31-24-32-42-71)67-87(109(19,20)21)68-90(99)102-112-100(72-43-33-25-34-44-72)111-101(113-102)73-45-35-26-36-46-73/h22-68H,1-21H3/i25D,26D,33D,34D,35D,36D,43D,44D,45D,46D. The van der Waals surface area contributed by atoms with Gasteiger partial charge in [-0.15, -0.1) is 0 Å². The molecule has 0 atom stereocenters. The van der Waals surface area contributed by atoms with Gasteiger partial charge in [-0.05, 0) is 197 Å². The van der Waals surface area contributed by atoms with Crippen molar-refractivity contribution in [1.82, 2.24) is 15.0 Å². The van der Waals surface area contributed by atoms with Crippen LogP contribution in [0.15, 0.2) is 285 Å². The molecule has 5 nitrogen and oxygen atoms in total. The Morgan fingerprint density at radius 2 is 0.548 bits per heavy atom. The number of hydrogen-bond acceptors (Lipinski definition) is 5. The Labute approximate surface area is 699 Å². The Kier molecular flexibility index (Phi) is 16.5. The molecule has 574 valence electrons. The smallest absolute Gasteiger partial charge is 0.252 e. The lowest BCUT2D eigenvalue weighted by molar-refractivity contribution is 0.568. The van der Waals surface area contributed by atoms with E-state index in [0.29, 0.717) is 11.3 Å². The Morgan fingerprint density at radius 3 is 0.957 bits per heavy atom. The van der Waals surface area contributed by atoms with Gasteiger partial charge in [-0.1, -0.05) is 382 Å². The van der Waals surface area contributed by atoms with Gasteiger partial charge in [-0.3, -0.25) is 0 Å². The molecule has 2 aliphatic rings. The third kappa shape index (κ3) is 15.2. The monoisotopic (exact) mass is 1510 g/mol. The van der Waals surface area contributed by atoms with E-state index in [1.807, 2.05) is 18.2 Å². The maximum Gasteiger partial charge on any atom is 0.252 e. The lowest BCUT2D eigenvalue weighted by atomic mass is 9.33. The maximum atomic E-state index is 9.68. The lowest BCUT2D eigenvalue weighted by Gasteiger charge is -2.46. The van der Waals surface area contributed by atoms with Crippen molar-refractivity contribution in [3.63, 3.8) is 0 Å². The first-order chi connectivity index (χ1) is 58.5. The van der Waals surface area contributed by atoms with Crippen LogP contribution in [0, 0.1) is 0 Å². The summed E-state index contributed by atoms with van der Waals surface area (Å²) in [5.41, 5.74) is 25.4. The fourth-order valence-corrected chi connectivity index (χ4v) is 16.1. The molecule has 0 saturated heterocycles. The van der Waals surface area contributed by atoms with Crippen molar-refractivity contribution in [2.24, 2.45) is 0 Å². The number of anilines is 6. The normalized spacial score (nSPS) is 14.4. The number of benzene rings is 13. The Hall–Kier alpha value is -11.5. The molecule has 6 heteroatoms. The molecule has 3 heterocycles. The van der Waals surface area contributed by atoms with Crippen LogP contribution in [0.5, 0.6) is 0 Å². The van der Waals surface area contributed by atoms with E-state index in [0.717, 1.165) is 128 Å². The van der Waals surface area contributed by atoms with Crippen molar-refractivity contribution in [3.8, 4) is 101 Å². The second-order valence-corrected chi connectivity index (χ2v) is 38.8. The van der Waals surface area contributed by atoms with Gasteiger partial charge in [-0.2, -0.15) is 0 Å². The molecule has 14 aromatic rings. The third-order valence-corrected chi connectivity index (χ3v) is 23.1. The SMILES string of the molecule is [2H]c1c([2H])c([2H])c(-c2nc(-c3cc(C(C)(C)C)cc(-c4ccccc4)c3N3c4cc(-c5cc(C(C)(C)C)cc(C(C)(C)C)c5)ccc4B4c5ccc(-c6cc(C(C)(C)C)cc(C(C)(C)C)c6)cc5N(c5ccc(-c6ccccc6)cc5-c5ccccc5)c5cc(-c6cc(C(C)(C)C)cc(C(C)(C)C)c6)cc3c54)nc(-c3c([2H])c([2H])c([2H])c([2H])c3[2H])n2)c([2H])c1[2H]. The summed E-state index contributed by atoms with van der Waals surface area (Å²) in [5.74, 6) is -0.810. The molecule has 16 rings (SSSR count). The van der Waals surface area contributed by atoms with Gasteiger partial charge in [0, 0.05) is 50.6 Å². The van der Waals surface area contributed by atoms with E-state index < -0.39 is 72.6 Å². The van der Waals surface area contributed by atoms with Crippen molar-refractivity contribution in [2.75, 3.05) is 9.80 Å². The first-order valence-corrected chi connectivity index (χ1v) is 40.5. The van der Waals surface area contributed by atoms with Crippen LogP contribution < -0.4 is 26.2 Å². The van der Waals surface area contributed by atoms with Crippen molar-refractivity contribution in [1.29, 1.82) is 0 Å². The summed E-state index contributed by atoms with van der Waals surface area (Å²) in [6, 6.07) is 76.9. The third-order valence-electron chi connectivity index (χ3n) is 23.1. The van der Waals surface area contributed by atoms with Gasteiger partial charge in [-0.25, -0.2) is 15.0 Å². The van der Waals surface area contributed by atoms with Crippen LogP contribution in [0.1, 0.15) is 198 Å². The molecule has 0 aliphatic carbocycles. The van der Waals surface area contributed by atoms with Crippen molar-refractivity contribution in [3.05, 3.63) is 324 Å². The molecule has 0 unspecified atom stereocenters. The Morgan fingerprint density at radius 1 is 0.235 bits per heavy atom. The highest BCUT2D eigenvalue weighted by molar-refractivity contribution is 7.00. The zero-order valence-electron chi connectivity index (χ0n) is 80.7. The van der Waals surface area contributed by atoms with E-state index in [1.165, 1.54) is 22.3 Å². The van der Waals surface area contributed by atoms with Crippen molar-refractivity contribution in [2.45, 2.75) is 183 Å². The van der Waals surface area contributed by atoms with Gasteiger partial charge >= 0.3 is 0 Å². The lowest BCUT2D eigenvalue weighted by Crippen LogP contribution is -2.61. The quantitative estimate of drug-likeness (QED) is 0.121. The Balaban J connectivity index is 1.15. The highest BCUT2D eigenvalue weighted by Crippen LogP contribution is 2.55. The van der Waals surface area contributed by atoms with Crippen LogP contribution in [0.4, 0.5) is 34.1 Å².